The summed E-state index contributed by atoms with van der Waals surface area (Å²) in [7, 11) is 0. The summed E-state index contributed by atoms with van der Waals surface area (Å²) in [5.41, 5.74) is 0.389. The number of carbonyl (C=O) groups is 2. The molecule has 0 saturated heterocycles. The van der Waals surface area contributed by atoms with Gasteiger partial charge in [-0.1, -0.05) is 39.0 Å². The number of imidazole rings is 1. The van der Waals surface area contributed by atoms with E-state index in [0.717, 1.165) is 10.8 Å². The molecule has 1 amide bonds. The third-order valence-corrected chi connectivity index (χ3v) is 5.28. The first-order valence-electron chi connectivity index (χ1n) is 9.57. The molecule has 0 fully saturated rings. The fourth-order valence-corrected chi connectivity index (χ4v) is 3.45. The van der Waals surface area contributed by atoms with E-state index < -0.39 is 23.5 Å². The lowest BCUT2D eigenvalue weighted by Crippen LogP contribution is -2.40. The van der Waals surface area contributed by atoms with E-state index >= 15 is 0 Å². The van der Waals surface area contributed by atoms with Crippen LogP contribution in [0.2, 0.25) is 0 Å². The second-order valence-electron chi connectivity index (χ2n) is 7.42. The summed E-state index contributed by atoms with van der Waals surface area (Å²) in [5, 5.41) is 24.7. The first kappa shape index (κ1) is 20.5. The van der Waals surface area contributed by atoms with Crippen molar-refractivity contribution in [3.8, 4) is 0 Å². The van der Waals surface area contributed by atoms with Crippen LogP contribution < -0.4 is 5.32 Å². The van der Waals surface area contributed by atoms with Gasteiger partial charge < -0.3 is 20.5 Å². The van der Waals surface area contributed by atoms with E-state index in [0.29, 0.717) is 23.2 Å². The Balaban J connectivity index is 1.95. The summed E-state index contributed by atoms with van der Waals surface area (Å²) in [4.78, 5) is 30.7. The number of aliphatic carboxylic acids is 1. The van der Waals surface area contributed by atoms with Crippen LogP contribution in [0.15, 0.2) is 48.9 Å². The SMILES string of the molecule is CCC(NC(=O)c1ccc2cc(C(O)(c3c[nH]cn3)C(C)C)ccc2c1)C(=O)O. The molecule has 2 unspecified atom stereocenters. The smallest absolute Gasteiger partial charge is 0.326 e. The summed E-state index contributed by atoms with van der Waals surface area (Å²) < 4.78 is 0. The predicted octanol–water partition coefficient (Wildman–Crippen LogP) is 3.05. The van der Waals surface area contributed by atoms with Crippen molar-refractivity contribution in [3.05, 3.63) is 65.7 Å². The Morgan fingerprint density at radius 1 is 1.17 bits per heavy atom. The Morgan fingerprint density at radius 3 is 2.45 bits per heavy atom. The summed E-state index contributed by atoms with van der Waals surface area (Å²) in [5.74, 6) is -1.60. The van der Waals surface area contributed by atoms with Gasteiger partial charge in [-0.3, -0.25) is 4.79 Å². The molecule has 0 radical (unpaired) electrons. The molecule has 4 N–H and O–H groups in total. The average Bonchev–Trinajstić information content (AvgIpc) is 3.25. The summed E-state index contributed by atoms with van der Waals surface area (Å²) >= 11 is 0. The van der Waals surface area contributed by atoms with E-state index in [1.54, 1.807) is 31.3 Å². The minimum absolute atomic E-state index is 0.115. The largest absolute Gasteiger partial charge is 0.480 e. The number of benzene rings is 2. The van der Waals surface area contributed by atoms with E-state index in [1.165, 1.54) is 6.33 Å². The molecule has 0 aliphatic heterocycles. The van der Waals surface area contributed by atoms with Gasteiger partial charge in [0.25, 0.3) is 5.91 Å². The van der Waals surface area contributed by atoms with Crippen LogP contribution in [0.5, 0.6) is 0 Å². The number of carboxylic acid groups (broad SMARTS) is 1. The molecule has 0 aliphatic rings. The molecule has 1 heterocycles. The molecule has 3 aromatic rings. The normalized spacial score (nSPS) is 14.5. The number of nitrogens with zero attached hydrogens (tertiary/aromatic N) is 1. The topological polar surface area (TPSA) is 115 Å². The Hall–Kier alpha value is -3.19. The lowest BCUT2D eigenvalue weighted by Gasteiger charge is -2.31. The van der Waals surface area contributed by atoms with Gasteiger partial charge in [0, 0.05) is 11.8 Å². The van der Waals surface area contributed by atoms with Crippen LogP contribution in [-0.2, 0) is 10.4 Å². The third kappa shape index (κ3) is 3.86. The number of amides is 1. The number of fused-ring (bicyclic) bond motifs is 1. The van der Waals surface area contributed by atoms with Gasteiger partial charge in [0.2, 0.25) is 0 Å². The zero-order valence-corrected chi connectivity index (χ0v) is 16.6. The maximum Gasteiger partial charge on any atom is 0.326 e. The molecule has 1 aromatic heterocycles. The van der Waals surface area contributed by atoms with Crippen molar-refractivity contribution >= 4 is 22.6 Å². The van der Waals surface area contributed by atoms with Crippen LogP contribution in [-0.4, -0.2) is 38.1 Å². The molecule has 29 heavy (non-hydrogen) atoms. The van der Waals surface area contributed by atoms with Gasteiger partial charge in [-0.25, -0.2) is 9.78 Å². The molecule has 7 heteroatoms. The highest BCUT2D eigenvalue weighted by molar-refractivity contribution is 6.00. The van der Waals surface area contributed by atoms with Crippen LogP contribution in [0.3, 0.4) is 0 Å². The molecular formula is C22H25N3O4. The van der Waals surface area contributed by atoms with Crippen molar-refractivity contribution in [3.63, 3.8) is 0 Å². The van der Waals surface area contributed by atoms with E-state index in [2.05, 4.69) is 15.3 Å². The van der Waals surface area contributed by atoms with Crippen molar-refractivity contribution in [2.75, 3.05) is 0 Å². The van der Waals surface area contributed by atoms with E-state index in [9.17, 15) is 14.7 Å². The standard InChI is InChI=1S/C22H25N3O4/c1-4-18(21(27)28)25-20(26)16-6-5-15-10-17(8-7-14(15)9-16)22(29,13(2)3)19-11-23-12-24-19/h5-13,18,29H,4H2,1-3H3,(H,23,24)(H,25,26)(H,27,28). The van der Waals surface area contributed by atoms with Gasteiger partial charge in [0.15, 0.2) is 0 Å². The number of nitrogens with one attached hydrogen (secondary N) is 2. The minimum atomic E-state index is -1.25. The number of carbonyl (C=O) groups excluding carboxylic acids is 1. The third-order valence-electron chi connectivity index (χ3n) is 5.28. The van der Waals surface area contributed by atoms with Crippen LogP contribution in [0.25, 0.3) is 10.8 Å². The second-order valence-corrected chi connectivity index (χ2v) is 7.42. The van der Waals surface area contributed by atoms with Crippen molar-refractivity contribution < 1.29 is 19.8 Å². The van der Waals surface area contributed by atoms with Gasteiger partial charge in [-0.05, 0) is 46.9 Å². The number of H-pyrrole nitrogens is 1. The number of aliphatic hydroxyl groups is 1. The minimum Gasteiger partial charge on any atom is -0.480 e. The van der Waals surface area contributed by atoms with Crippen LogP contribution in [0, 0.1) is 5.92 Å². The lowest BCUT2D eigenvalue weighted by molar-refractivity contribution is -0.139. The molecule has 152 valence electrons. The highest BCUT2D eigenvalue weighted by atomic mass is 16.4. The quantitative estimate of drug-likeness (QED) is 0.491. The molecule has 0 aliphatic carbocycles. The monoisotopic (exact) mass is 395 g/mol. The maximum absolute atomic E-state index is 12.4. The number of rotatable bonds is 7. The van der Waals surface area contributed by atoms with Crippen molar-refractivity contribution in [1.82, 2.24) is 15.3 Å². The number of aromatic amines is 1. The molecule has 2 atom stereocenters. The Morgan fingerprint density at radius 2 is 1.86 bits per heavy atom. The Bertz CT molecular complexity index is 1030. The van der Waals surface area contributed by atoms with Gasteiger partial charge in [0.05, 0.1) is 12.0 Å². The van der Waals surface area contributed by atoms with E-state index in [-0.39, 0.29) is 5.92 Å². The zero-order chi connectivity index (χ0) is 21.2. The first-order valence-corrected chi connectivity index (χ1v) is 9.57. The summed E-state index contributed by atoms with van der Waals surface area (Å²) in [6.45, 7) is 5.56. The molecular weight excluding hydrogens is 370 g/mol. The second kappa shape index (κ2) is 8.05. The number of hydrogen-bond donors (Lipinski definition) is 4. The molecule has 2 aromatic carbocycles. The van der Waals surface area contributed by atoms with Gasteiger partial charge in [-0.15, -0.1) is 0 Å². The lowest BCUT2D eigenvalue weighted by atomic mass is 9.80. The highest BCUT2D eigenvalue weighted by Crippen LogP contribution is 2.36. The van der Waals surface area contributed by atoms with Gasteiger partial charge >= 0.3 is 5.97 Å². The van der Waals surface area contributed by atoms with E-state index in [1.807, 2.05) is 32.0 Å². The first-order chi connectivity index (χ1) is 13.8. The number of carboxylic acids is 1. The Labute approximate surface area is 168 Å². The fourth-order valence-electron chi connectivity index (χ4n) is 3.45. The van der Waals surface area contributed by atoms with Gasteiger partial charge in [-0.2, -0.15) is 0 Å². The fraction of sp³-hybridized carbons (Fsp3) is 0.318. The van der Waals surface area contributed by atoms with Crippen LogP contribution >= 0.6 is 0 Å². The molecule has 7 nitrogen and oxygen atoms in total. The van der Waals surface area contributed by atoms with Crippen LogP contribution in [0.4, 0.5) is 0 Å². The van der Waals surface area contributed by atoms with Crippen LogP contribution in [0.1, 0.15) is 48.8 Å². The Kier molecular flexibility index (Phi) is 5.70. The summed E-state index contributed by atoms with van der Waals surface area (Å²) in [6, 6.07) is 9.79. The average molecular weight is 395 g/mol. The van der Waals surface area contributed by atoms with Crippen molar-refractivity contribution in [2.45, 2.75) is 38.8 Å². The van der Waals surface area contributed by atoms with Crippen molar-refractivity contribution in [2.24, 2.45) is 5.92 Å². The summed E-state index contributed by atoms with van der Waals surface area (Å²) in [6.07, 6.45) is 3.53. The van der Waals surface area contributed by atoms with Gasteiger partial charge in [0.1, 0.15) is 11.6 Å². The predicted molar refractivity (Wildman–Crippen MR) is 110 cm³/mol. The molecule has 3 rings (SSSR count). The maximum atomic E-state index is 12.4. The number of aromatic nitrogens is 2. The molecule has 0 spiro atoms. The van der Waals surface area contributed by atoms with Crippen molar-refractivity contribution in [1.29, 1.82) is 0 Å². The van der Waals surface area contributed by atoms with E-state index in [4.69, 9.17) is 5.11 Å². The molecule has 0 saturated carbocycles. The molecule has 0 bridgehead atoms. The highest BCUT2D eigenvalue weighted by Gasteiger charge is 2.37. The zero-order valence-electron chi connectivity index (χ0n) is 16.6. The number of hydrogen-bond acceptors (Lipinski definition) is 4.